The van der Waals surface area contributed by atoms with Gasteiger partial charge in [-0.3, -0.25) is 0 Å². The van der Waals surface area contributed by atoms with Crippen LogP contribution in [-0.2, 0) is 0 Å². The lowest BCUT2D eigenvalue weighted by atomic mass is 10.2. The number of allylic oxidation sites excluding steroid dienone is 2. The molecule has 60 valence electrons. The Morgan fingerprint density at radius 2 is 2.00 bits per heavy atom. The quantitative estimate of drug-likeness (QED) is 0.580. The van der Waals surface area contributed by atoms with Crippen LogP contribution in [0.2, 0.25) is 0 Å². The molecule has 0 bridgehead atoms. The van der Waals surface area contributed by atoms with Crippen LogP contribution in [0.4, 0.5) is 5.69 Å². The molecule has 0 radical (unpaired) electrons. The van der Waals surface area contributed by atoms with E-state index >= 15 is 0 Å². The van der Waals surface area contributed by atoms with E-state index in [9.17, 15) is 0 Å². The van der Waals surface area contributed by atoms with Crippen LogP contribution in [0.5, 0.6) is 0 Å². The molecule has 0 fully saturated rings. The van der Waals surface area contributed by atoms with E-state index in [1.54, 1.807) is 0 Å². The average molecular weight is 222 g/mol. The van der Waals surface area contributed by atoms with Gasteiger partial charge < -0.3 is 22.3 Å². The molecular weight excluding hydrogens is 214 g/mol. The first-order chi connectivity index (χ1) is 5.47. The highest BCUT2D eigenvalue weighted by atomic mass is 79.9. The standard InChI is InChI=1S/C10H8N.BrH/c1-2-7-10-9(5-1)6-3-4-8-11-10;/h1-3,5-8,11H;1H/q+1;/p-1. The third-order valence-electron chi connectivity index (χ3n) is 1.63. The summed E-state index contributed by atoms with van der Waals surface area (Å²) in [5.74, 6) is 0. The highest BCUT2D eigenvalue weighted by molar-refractivity contribution is 5.68. The van der Waals surface area contributed by atoms with Crippen LogP contribution in [0.15, 0.2) is 36.5 Å². The largest absolute Gasteiger partial charge is 1.00 e. The van der Waals surface area contributed by atoms with E-state index in [0.717, 1.165) is 5.69 Å². The molecule has 0 saturated heterocycles. The molecule has 0 atom stereocenters. The van der Waals surface area contributed by atoms with Crippen molar-refractivity contribution < 1.29 is 17.0 Å². The van der Waals surface area contributed by atoms with Crippen LogP contribution < -0.4 is 22.3 Å². The minimum Gasteiger partial charge on any atom is -1.00 e. The van der Waals surface area contributed by atoms with Crippen molar-refractivity contribution in [2.24, 2.45) is 0 Å². The zero-order valence-electron chi connectivity index (χ0n) is 6.42. The van der Waals surface area contributed by atoms with Crippen LogP contribution in [0, 0.1) is 6.08 Å². The Morgan fingerprint density at radius 1 is 1.17 bits per heavy atom. The summed E-state index contributed by atoms with van der Waals surface area (Å²) in [6.07, 6.45) is 8.72. The molecule has 0 aromatic heterocycles. The molecule has 12 heavy (non-hydrogen) atoms. The molecule has 1 nitrogen and oxygen atoms in total. The number of nitrogens with one attached hydrogen (secondary N) is 1. The molecule has 0 spiro atoms. The summed E-state index contributed by atoms with van der Waals surface area (Å²) >= 11 is 0. The Kier molecular flexibility index (Phi) is 3.03. The highest BCUT2D eigenvalue weighted by Crippen LogP contribution is 2.17. The number of benzene rings is 1. The van der Waals surface area contributed by atoms with Gasteiger partial charge in [-0.2, -0.15) is 0 Å². The average Bonchev–Trinajstić information content (AvgIpc) is 2.28. The van der Waals surface area contributed by atoms with Gasteiger partial charge in [-0.25, -0.2) is 0 Å². The third-order valence-corrected chi connectivity index (χ3v) is 1.63. The molecule has 0 aliphatic carbocycles. The van der Waals surface area contributed by atoms with Gasteiger partial charge in [0.1, 0.15) is 12.3 Å². The van der Waals surface area contributed by atoms with Crippen molar-refractivity contribution >= 4 is 11.8 Å². The van der Waals surface area contributed by atoms with Crippen molar-refractivity contribution in [2.75, 3.05) is 5.32 Å². The topological polar surface area (TPSA) is 12.0 Å². The van der Waals surface area contributed by atoms with Gasteiger partial charge in [-0.05, 0) is 12.1 Å². The Bertz CT molecular complexity index is 315. The minimum absolute atomic E-state index is 0. The lowest BCUT2D eigenvalue weighted by Crippen LogP contribution is -3.00. The van der Waals surface area contributed by atoms with Crippen molar-refractivity contribution in [1.82, 2.24) is 0 Å². The van der Waals surface area contributed by atoms with Crippen LogP contribution >= 0.6 is 0 Å². The van der Waals surface area contributed by atoms with Crippen molar-refractivity contribution in [2.45, 2.75) is 0 Å². The predicted molar refractivity (Wildman–Crippen MR) is 46.9 cm³/mol. The number of rotatable bonds is 0. The molecule has 0 unspecified atom stereocenters. The van der Waals surface area contributed by atoms with E-state index < -0.39 is 0 Å². The van der Waals surface area contributed by atoms with Crippen LogP contribution in [0.1, 0.15) is 5.56 Å². The van der Waals surface area contributed by atoms with E-state index in [1.807, 2.05) is 36.6 Å². The fourth-order valence-corrected chi connectivity index (χ4v) is 1.08. The van der Waals surface area contributed by atoms with Gasteiger partial charge in [0.05, 0.1) is 17.3 Å². The van der Waals surface area contributed by atoms with Gasteiger partial charge in [-0.1, -0.05) is 12.1 Å². The van der Waals surface area contributed by atoms with E-state index in [0.29, 0.717) is 0 Å². The number of para-hydroxylation sites is 1. The second-order valence-electron chi connectivity index (χ2n) is 2.38. The maximum Gasteiger partial charge on any atom is 0.162 e. The van der Waals surface area contributed by atoms with E-state index in [4.69, 9.17) is 0 Å². The van der Waals surface area contributed by atoms with Gasteiger partial charge in [0.2, 0.25) is 0 Å². The zero-order valence-corrected chi connectivity index (χ0v) is 8.01. The Hall–Kier alpha value is -1.11. The van der Waals surface area contributed by atoms with Gasteiger partial charge in [-0.15, -0.1) is 0 Å². The molecule has 1 heterocycles. The number of hydrogen-bond acceptors (Lipinski definition) is 1. The van der Waals surface area contributed by atoms with Crippen molar-refractivity contribution in [3.63, 3.8) is 0 Å². The molecular formula is C10H8BrN. The van der Waals surface area contributed by atoms with Crippen LogP contribution in [0.25, 0.3) is 6.08 Å². The molecule has 1 N–H and O–H groups in total. The lowest BCUT2D eigenvalue weighted by molar-refractivity contribution is -0.00000208. The summed E-state index contributed by atoms with van der Waals surface area (Å²) in [6, 6.07) is 8.15. The second kappa shape index (κ2) is 4.05. The fraction of sp³-hybridized carbons (Fsp3) is 0. The number of hydrogen-bond donors (Lipinski definition) is 1. The van der Waals surface area contributed by atoms with E-state index in [1.165, 1.54) is 5.56 Å². The summed E-state index contributed by atoms with van der Waals surface area (Å²) in [5.41, 5.74) is 2.34. The van der Waals surface area contributed by atoms with Gasteiger partial charge in [0, 0.05) is 0 Å². The molecule has 1 aromatic carbocycles. The van der Waals surface area contributed by atoms with Crippen LogP contribution in [-0.4, -0.2) is 0 Å². The number of fused-ring (bicyclic) bond motifs is 1. The highest BCUT2D eigenvalue weighted by Gasteiger charge is 2.02. The lowest BCUT2D eigenvalue weighted by Gasteiger charge is -1.97. The smallest absolute Gasteiger partial charge is 0.162 e. The predicted octanol–water partition coefficient (Wildman–Crippen LogP) is -0.554. The SMILES string of the molecule is [Br-].[C+]1=CNc2ccccc2C=C1. The molecule has 1 aromatic rings. The molecule has 0 saturated carbocycles. The summed E-state index contributed by atoms with van der Waals surface area (Å²) in [5, 5.41) is 3.13. The third kappa shape index (κ3) is 1.73. The van der Waals surface area contributed by atoms with Gasteiger partial charge in [0.25, 0.3) is 0 Å². The zero-order chi connectivity index (χ0) is 7.52. The molecule has 0 amide bonds. The summed E-state index contributed by atoms with van der Waals surface area (Å²) in [4.78, 5) is 0. The normalized spacial score (nSPS) is 11.7. The molecule has 2 rings (SSSR count). The number of halogens is 1. The Labute approximate surface area is 82.6 Å². The summed E-state index contributed by atoms with van der Waals surface area (Å²) < 4.78 is 0. The maximum absolute atomic E-state index is 3.13. The molecule has 1 aliphatic heterocycles. The molecule has 1 aliphatic rings. The summed E-state index contributed by atoms with van der Waals surface area (Å²) in [6.45, 7) is 0. The summed E-state index contributed by atoms with van der Waals surface area (Å²) in [7, 11) is 0. The Balaban J connectivity index is 0.000000720. The first-order valence-electron chi connectivity index (χ1n) is 3.57. The molecule has 2 heteroatoms. The number of anilines is 1. The Morgan fingerprint density at radius 3 is 2.92 bits per heavy atom. The van der Waals surface area contributed by atoms with Crippen LogP contribution in [0.3, 0.4) is 0 Å². The van der Waals surface area contributed by atoms with E-state index in [-0.39, 0.29) is 17.0 Å². The van der Waals surface area contributed by atoms with Crippen molar-refractivity contribution in [3.05, 3.63) is 48.2 Å². The van der Waals surface area contributed by atoms with Crippen molar-refractivity contribution in [1.29, 1.82) is 0 Å². The van der Waals surface area contributed by atoms with E-state index in [2.05, 4.69) is 17.5 Å². The first kappa shape index (κ1) is 8.98. The fourth-order valence-electron chi connectivity index (χ4n) is 1.08. The van der Waals surface area contributed by atoms with Gasteiger partial charge in [0.15, 0.2) is 6.08 Å². The second-order valence-corrected chi connectivity index (χ2v) is 2.38. The minimum atomic E-state index is 0. The van der Waals surface area contributed by atoms with Gasteiger partial charge >= 0.3 is 0 Å². The first-order valence-corrected chi connectivity index (χ1v) is 3.57. The maximum atomic E-state index is 3.13. The van der Waals surface area contributed by atoms with Crippen molar-refractivity contribution in [3.8, 4) is 0 Å². The monoisotopic (exact) mass is 221 g/mol.